The lowest BCUT2D eigenvalue weighted by Gasteiger charge is -2.17. The van der Waals surface area contributed by atoms with Gasteiger partial charge in [0.15, 0.2) is 0 Å². The molecule has 2 aromatic rings. The molecule has 0 saturated heterocycles. The molecule has 2 heterocycles. The summed E-state index contributed by atoms with van der Waals surface area (Å²) in [6, 6.07) is 2.31. The second-order valence-electron chi connectivity index (χ2n) is 5.16. The van der Waals surface area contributed by atoms with Crippen molar-refractivity contribution in [2.75, 3.05) is 6.54 Å². The van der Waals surface area contributed by atoms with Crippen LogP contribution in [0.3, 0.4) is 0 Å². The highest BCUT2D eigenvalue weighted by Gasteiger charge is 2.16. The zero-order valence-electron chi connectivity index (χ0n) is 12.7. The number of hydrogen-bond donors (Lipinski definition) is 1. The molecule has 0 fully saturated rings. The predicted molar refractivity (Wildman–Crippen MR) is 80.5 cm³/mol. The van der Waals surface area contributed by atoms with Gasteiger partial charge in [0.05, 0.1) is 11.7 Å². The van der Waals surface area contributed by atoms with Gasteiger partial charge in [0.1, 0.15) is 5.82 Å². The Morgan fingerprint density at radius 1 is 1.25 bits per heavy atom. The lowest BCUT2D eigenvalue weighted by atomic mass is 10.1. The Balaban J connectivity index is 2.12. The van der Waals surface area contributed by atoms with Crippen LogP contribution in [-0.4, -0.2) is 25.9 Å². The Bertz CT molecular complexity index is 514. The molecule has 0 aliphatic heterocycles. The van der Waals surface area contributed by atoms with Crippen molar-refractivity contribution in [1.29, 1.82) is 0 Å². The van der Waals surface area contributed by atoms with E-state index in [9.17, 15) is 0 Å². The maximum absolute atomic E-state index is 4.54. The molecule has 20 heavy (non-hydrogen) atoms. The van der Waals surface area contributed by atoms with E-state index in [4.69, 9.17) is 0 Å². The van der Waals surface area contributed by atoms with Gasteiger partial charge in [-0.05, 0) is 25.5 Å². The van der Waals surface area contributed by atoms with E-state index in [1.54, 1.807) is 0 Å². The molecule has 0 aliphatic rings. The van der Waals surface area contributed by atoms with E-state index in [-0.39, 0.29) is 6.04 Å². The van der Waals surface area contributed by atoms with Crippen LogP contribution in [0.1, 0.15) is 44.2 Å². The molecule has 110 valence electrons. The lowest BCUT2D eigenvalue weighted by molar-refractivity contribution is 0.487. The summed E-state index contributed by atoms with van der Waals surface area (Å²) in [5.74, 6) is 1.13. The summed E-state index contributed by atoms with van der Waals surface area (Å²) in [6.45, 7) is 6.39. The summed E-state index contributed by atoms with van der Waals surface area (Å²) in [6.07, 6.45) is 9.07. The van der Waals surface area contributed by atoms with Crippen LogP contribution in [0, 0.1) is 0 Å². The van der Waals surface area contributed by atoms with Crippen molar-refractivity contribution in [1.82, 2.24) is 24.6 Å². The maximum atomic E-state index is 4.54. The van der Waals surface area contributed by atoms with Crippen molar-refractivity contribution in [3.05, 3.63) is 36.2 Å². The summed E-state index contributed by atoms with van der Waals surface area (Å²) in [4.78, 5) is 4.50. The maximum Gasteiger partial charge on any atom is 0.110 e. The summed E-state index contributed by atoms with van der Waals surface area (Å²) in [5, 5.41) is 8.11. The topological polar surface area (TPSA) is 47.7 Å². The Labute approximate surface area is 121 Å². The van der Waals surface area contributed by atoms with Gasteiger partial charge in [0.2, 0.25) is 0 Å². The first-order valence-corrected chi connectivity index (χ1v) is 7.47. The zero-order chi connectivity index (χ0) is 14.4. The third kappa shape index (κ3) is 3.70. The van der Waals surface area contributed by atoms with Gasteiger partial charge in [0, 0.05) is 38.6 Å². The standard InChI is InChI=1S/C15H25N5/c1-4-7-16-14(13-6-10-19(3)18-13)12-15-17-8-11-20(15)9-5-2/h6,8,10-11,14,16H,4-5,7,9,12H2,1-3H3. The van der Waals surface area contributed by atoms with E-state index in [0.29, 0.717) is 0 Å². The number of aryl methyl sites for hydroxylation is 2. The molecule has 0 spiro atoms. The molecular formula is C15H25N5. The van der Waals surface area contributed by atoms with Crippen molar-refractivity contribution in [2.24, 2.45) is 7.05 Å². The Morgan fingerprint density at radius 3 is 2.75 bits per heavy atom. The van der Waals surface area contributed by atoms with Crippen LogP contribution >= 0.6 is 0 Å². The summed E-state index contributed by atoms with van der Waals surface area (Å²) >= 11 is 0. The first-order valence-electron chi connectivity index (χ1n) is 7.47. The van der Waals surface area contributed by atoms with Crippen LogP contribution < -0.4 is 5.32 Å². The Kier molecular flexibility index (Phi) is 5.35. The molecule has 1 atom stereocenters. The molecule has 1 unspecified atom stereocenters. The fraction of sp³-hybridized carbons (Fsp3) is 0.600. The fourth-order valence-electron chi connectivity index (χ4n) is 2.38. The minimum Gasteiger partial charge on any atom is -0.335 e. The monoisotopic (exact) mass is 275 g/mol. The van der Waals surface area contributed by atoms with Gasteiger partial charge >= 0.3 is 0 Å². The Morgan fingerprint density at radius 2 is 2.10 bits per heavy atom. The molecule has 2 aromatic heterocycles. The van der Waals surface area contributed by atoms with Gasteiger partial charge in [-0.25, -0.2) is 4.98 Å². The molecular weight excluding hydrogens is 250 g/mol. The third-order valence-electron chi connectivity index (χ3n) is 3.38. The number of rotatable bonds is 8. The number of imidazole rings is 1. The highest BCUT2D eigenvalue weighted by atomic mass is 15.3. The average molecular weight is 275 g/mol. The van der Waals surface area contributed by atoms with Gasteiger partial charge in [0.25, 0.3) is 0 Å². The molecule has 0 saturated carbocycles. The molecule has 0 aliphatic carbocycles. The highest BCUT2D eigenvalue weighted by molar-refractivity contribution is 5.09. The van der Waals surface area contributed by atoms with E-state index >= 15 is 0 Å². The van der Waals surface area contributed by atoms with E-state index in [1.807, 2.05) is 24.1 Å². The van der Waals surface area contributed by atoms with Crippen LogP contribution in [-0.2, 0) is 20.0 Å². The van der Waals surface area contributed by atoms with Crippen molar-refractivity contribution in [2.45, 2.75) is 45.7 Å². The fourth-order valence-corrected chi connectivity index (χ4v) is 2.38. The molecule has 0 radical (unpaired) electrons. The van der Waals surface area contributed by atoms with Crippen LogP contribution in [0.2, 0.25) is 0 Å². The van der Waals surface area contributed by atoms with Gasteiger partial charge in [-0.3, -0.25) is 4.68 Å². The molecule has 0 bridgehead atoms. The van der Waals surface area contributed by atoms with Crippen molar-refractivity contribution >= 4 is 0 Å². The Hall–Kier alpha value is -1.62. The van der Waals surface area contributed by atoms with Crippen molar-refractivity contribution in [3.8, 4) is 0 Å². The lowest BCUT2D eigenvalue weighted by Crippen LogP contribution is -2.26. The van der Waals surface area contributed by atoms with Gasteiger partial charge in [-0.15, -0.1) is 0 Å². The highest BCUT2D eigenvalue weighted by Crippen LogP contribution is 2.16. The molecule has 0 amide bonds. The minimum atomic E-state index is 0.231. The smallest absolute Gasteiger partial charge is 0.110 e. The number of hydrogen-bond acceptors (Lipinski definition) is 3. The number of nitrogens with zero attached hydrogens (tertiary/aromatic N) is 4. The second-order valence-corrected chi connectivity index (χ2v) is 5.16. The normalized spacial score (nSPS) is 12.8. The largest absolute Gasteiger partial charge is 0.335 e. The van der Waals surface area contributed by atoms with Crippen molar-refractivity contribution < 1.29 is 0 Å². The van der Waals surface area contributed by atoms with Crippen LogP contribution in [0.25, 0.3) is 0 Å². The summed E-state index contributed by atoms with van der Waals surface area (Å²) < 4.78 is 4.10. The van der Waals surface area contributed by atoms with E-state index in [1.165, 1.54) is 0 Å². The van der Waals surface area contributed by atoms with Gasteiger partial charge < -0.3 is 9.88 Å². The quantitative estimate of drug-likeness (QED) is 0.804. The molecule has 5 heteroatoms. The summed E-state index contributed by atoms with van der Waals surface area (Å²) in [7, 11) is 1.96. The first-order chi connectivity index (χ1) is 9.74. The molecule has 0 aromatic carbocycles. The average Bonchev–Trinajstić information content (AvgIpc) is 3.04. The van der Waals surface area contributed by atoms with Crippen LogP contribution in [0.15, 0.2) is 24.7 Å². The van der Waals surface area contributed by atoms with Crippen LogP contribution in [0.4, 0.5) is 0 Å². The second kappa shape index (κ2) is 7.24. The van der Waals surface area contributed by atoms with Crippen LogP contribution in [0.5, 0.6) is 0 Å². The minimum absolute atomic E-state index is 0.231. The van der Waals surface area contributed by atoms with E-state index in [2.05, 4.69) is 46.1 Å². The van der Waals surface area contributed by atoms with Gasteiger partial charge in [-0.2, -0.15) is 5.10 Å². The van der Waals surface area contributed by atoms with Gasteiger partial charge in [-0.1, -0.05) is 13.8 Å². The third-order valence-corrected chi connectivity index (χ3v) is 3.38. The van der Waals surface area contributed by atoms with Crippen molar-refractivity contribution in [3.63, 3.8) is 0 Å². The summed E-state index contributed by atoms with van der Waals surface area (Å²) in [5.41, 5.74) is 1.09. The zero-order valence-corrected chi connectivity index (χ0v) is 12.7. The predicted octanol–water partition coefficient (Wildman–Crippen LogP) is 2.31. The first kappa shape index (κ1) is 14.8. The molecule has 1 N–H and O–H groups in total. The van der Waals surface area contributed by atoms with E-state index in [0.717, 1.165) is 43.9 Å². The SMILES string of the molecule is CCCNC(Cc1nccn1CCC)c1ccn(C)n1. The number of nitrogens with one attached hydrogen (secondary N) is 1. The molecule has 5 nitrogen and oxygen atoms in total. The molecule has 2 rings (SSSR count). The van der Waals surface area contributed by atoms with E-state index < -0.39 is 0 Å². The number of aromatic nitrogens is 4.